The van der Waals surface area contributed by atoms with Crippen LogP contribution in [0.3, 0.4) is 0 Å². The Morgan fingerprint density at radius 1 is 1.00 bits per heavy atom. The molecule has 0 spiro atoms. The molecule has 0 bridgehead atoms. The smallest absolute Gasteiger partial charge is 0.232 e. The van der Waals surface area contributed by atoms with Crippen molar-refractivity contribution >= 4 is 27.8 Å². The van der Waals surface area contributed by atoms with Crippen LogP contribution in [0.15, 0.2) is 63.2 Å². The van der Waals surface area contributed by atoms with E-state index in [9.17, 15) is 4.79 Å². The largest absolute Gasteiger partial charge is 0.457 e. The van der Waals surface area contributed by atoms with E-state index in [2.05, 4.69) is 15.9 Å². The molecule has 1 aromatic heterocycles. The van der Waals surface area contributed by atoms with E-state index in [-0.39, 0.29) is 11.5 Å². The number of hydrogen-bond donors (Lipinski definition) is 0. The van der Waals surface area contributed by atoms with Crippen LogP contribution in [0.25, 0.3) is 17.4 Å². The molecule has 0 saturated carbocycles. The maximum Gasteiger partial charge on any atom is 0.232 e. The minimum atomic E-state index is -0.112. The number of ketones is 1. The molecule has 0 fully saturated rings. The molecule has 2 heterocycles. The first-order valence-electron chi connectivity index (χ1n) is 7.92. The van der Waals surface area contributed by atoms with Crippen LogP contribution in [0.1, 0.15) is 27.2 Å². The summed E-state index contributed by atoms with van der Waals surface area (Å²) < 4.78 is 12.6. The lowest BCUT2D eigenvalue weighted by Crippen LogP contribution is -1.97. The third-order valence-electron chi connectivity index (χ3n) is 4.29. The fraction of sp³-hybridized carbons (Fsp3) is 0.0952. The van der Waals surface area contributed by atoms with Gasteiger partial charge < -0.3 is 9.15 Å². The summed E-state index contributed by atoms with van der Waals surface area (Å²) in [6.07, 6.45) is 1.65. The SMILES string of the molecule is Cc1cc2c(cc1C)C(=O)C(=Cc1ccc(-c3cccc(Br)c3)o1)O2. The van der Waals surface area contributed by atoms with Gasteiger partial charge in [-0.25, -0.2) is 0 Å². The number of hydrogen-bond acceptors (Lipinski definition) is 3. The highest BCUT2D eigenvalue weighted by Crippen LogP contribution is 2.34. The number of ether oxygens (including phenoxy) is 1. The molecule has 4 heteroatoms. The number of allylic oxidation sites excluding steroid dienone is 1. The highest BCUT2D eigenvalue weighted by atomic mass is 79.9. The second kappa shape index (κ2) is 6.05. The summed E-state index contributed by atoms with van der Waals surface area (Å²) in [5.74, 6) is 2.11. The molecule has 1 aliphatic rings. The molecule has 0 unspecified atom stereocenters. The Labute approximate surface area is 154 Å². The average Bonchev–Trinajstić information content (AvgIpc) is 3.15. The third-order valence-corrected chi connectivity index (χ3v) is 4.79. The second-order valence-electron chi connectivity index (χ2n) is 6.08. The van der Waals surface area contributed by atoms with Crippen LogP contribution < -0.4 is 4.74 Å². The molecular weight excluding hydrogens is 380 g/mol. The molecule has 3 aromatic rings. The normalized spacial score (nSPS) is 14.7. The van der Waals surface area contributed by atoms with Crippen LogP contribution in [-0.4, -0.2) is 5.78 Å². The minimum absolute atomic E-state index is 0.112. The average molecular weight is 395 g/mol. The molecule has 0 N–H and O–H groups in total. The number of furan rings is 1. The van der Waals surface area contributed by atoms with Crippen LogP contribution in [0.5, 0.6) is 5.75 Å². The van der Waals surface area contributed by atoms with Crippen molar-refractivity contribution in [3.8, 4) is 17.1 Å². The topological polar surface area (TPSA) is 39.4 Å². The van der Waals surface area contributed by atoms with Crippen molar-refractivity contribution in [2.45, 2.75) is 13.8 Å². The summed E-state index contributed by atoms with van der Waals surface area (Å²) in [4.78, 5) is 12.5. The van der Waals surface area contributed by atoms with Crippen LogP contribution in [0.2, 0.25) is 0 Å². The lowest BCUT2D eigenvalue weighted by molar-refractivity contribution is 0.101. The van der Waals surface area contributed by atoms with Crippen molar-refractivity contribution in [2.24, 2.45) is 0 Å². The van der Waals surface area contributed by atoms with E-state index in [0.717, 1.165) is 26.9 Å². The zero-order valence-corrected chi connectivity index (χ0v) is 15.4. The molecule has 0 radical (unpaired) electrons. The quantitative estimate of drug-likeness (QED) is 0.504. The van der Waals surface area contributed by atoms with Crippen molar-refractivity contribution in [2.75, 3.05) is 0 Å². The first-order valence-corrected chi connectivity index (χ1v) is 8.72. The zero-order chi connectivity index (χ0) is 17.6. The van der Waals surface area contributed by atoms with Gasteiger partial charge in [0.1, 0.15) is 17.3 Å². The van der Waals surface area contributed by atoms with E-state index in [1.54, 1.807) is 6.08 Å². The van der Waals surface area contributed by atoms with Crippen molar-refractivity contribution in [3.63, 3.8) is 0 Å². The lowest BCUT2D eigenvalue weighted by Gasteiger charge is -2.02. The molecular formula is C21H15BrO3. The number of aryl methyl sites for hydroxylation is 2. The van der Waals surface area contributed by atoms with Gasteiger partial charge in [-0.15, -0.1) is 0 Å². The van der Waals surface area contributed by atoms with Gasteiger partial charge in [-0.2, -0.15) is 0 Å². The molecule has 0 atom stereocenters. The zero-order valence-electron chi connectivity index (χ0n) is 13.8. The van der Waals surface area contributed by atoms with Gasteiger partial charge in [-0.3, -0.25) is 4.79 Å². The van der Waals surface area contributed by atoms with Gasteiger partial charge in [0.15, 0.2) is 5.76 Å². The van der Waals surface area contributed by atoms with Crippen molar-refractivity contribution in [1.29, 1.82) is 0 Å². The van der Waals surface area contributed by atoms with Gasteiger partial charge in [0.25, 0.3) is 0 Å². The first-order chi connectivity index (χ1) is 12.0. The van der Waals surface area contributed by atoms with Crippen molar-refractivity contribution in [1.82, 2.24) is 0 Å². The fourth-order valence-corrected chi connectivity index (χ4v) is 3.20. The third kappa shape index (κ3) is 2.94. The summed E-state index contributed by atoms with van der Waals surface area (Å²) >= 11 is 3.45. The molecule has 25 heavy (non-hydrogen) atoms. The number of Topliss-reactive ketones (excluding diaryl/α,β-unsaturated/α-hetero) is 1. The van der Waals surface area contributed by atoms with Gasteiger partial charge in [-0.05, 0) is 61.4 Å². The van der Waals surface area contributed by atoms with Gasteiger partial charge in [-0.1, -0.05) is 28.1 Å². The van der Waals surface area contributed by atoms with Crippen LogP contribution in [-0.2, 0) is 0 Å². The number of fused-ring (bicyclic) bond motifs is 1. The van der Waals surface area contributed by atoms with E-state index in [1.165, 1.54) is 0 Å². The predicted octanol–water partition coefficient (Wildman–Crippen LogP) is 5.94. The maximum absolute atomic E-state index is 12.5. The van der Waals surface area contributed by atoms with Gasteiger partial charge in [0.2, 0.25) is 5.78 Å². The standard InChI is InChI=1S/C21H15BrO3/c1-12-8-17-19(9-13(12)2)25-20(21(17)23)11-16-6-7-18(24-16)14-4-3-5-15(22)10-14/h3-11H,1-2H3. The minimum Gasteiger partial charge on any atom is -0.457 e. The Bertz CT molecular complexity index is 1030. The van der Waals surface area contributed by atoms with Gasteiger partial charge in [0, 0.05) is 16.1 Å². The Kier molecular flexibility index (Phi) is 3.85. The Hall–Kier alpha value is -2.59. The molecule has 124 valence electrons. The molecule has 4 rings (SSSR count). The Morgan fingerprint density at radius 3 is 2.60 bits per heavy atom. The maximum atomic E-state index is 12.5. The molecule has 0 saturated heterocycles. The number of carbonyl (C=O) groups excluding carboxylic acids is 1. The summed E-state index contributed by atoms with van der Waals surface area (Å²) in [6, 6.07) is 15.4. The first kappa shape index (κ1) is 15.9. The highest BCUT2D eigenvalue weighted by molar-refractivity contribution is 9.10. The fourth-order valence-electron chi connectivity index (χ4n) is 2.80. The molecule has 0 amide bonds. The predicted molar refractivity (Wildman–Crippen MR) is 101 cm³/mol. The van der Waals surface area contributed by atoms with E-state index in [1.807, 2.05) is 62.4 Å². The molecule has 1 aliphatic heterocycles. The molecule has 3 nitrogen and oxygen atoms in total. The van der Waals surface area contributed by atoms with E-state index in [4.69, 9.17) is 9.15 Å². The molecule has 0 aliphatic carbocycles. The Balaban J connectivity index is 1.66. The van der Waals surface area contributed by atoms with Gasteiger partial charge >= 0.3 is 0 Å². The van der Waals surface area contributed by atoms with E-state index in [0.29, 0.717) is 17.1 Å². The summed E-state index contributed by atoms with van der Waals surface area (Å²) in [6.45, 7) is 3.99. The monoisotopic (exact) mass is 394 g/mol. The molecule has 2 aromatic carbocycles. The van der Waals surface area contributed by atoms with E-state index >= 15 is 0 Å². The highest BCUT2D eigenvalue weighted by Gasteiger charge is 2.28. The lowest BCUT2D eigenvalue weighted by atomic mass is 10.0. The summed E-state index contributed by atoms with van der Waals surface area (Å²) in [5.41, 5.74) is 3.75. The van der Waals surface area contributed by atoms with Crippen LogP contribution >= 0.6 is 15.9 Å². The number of rotatable bonds is 2. The van der Waals surface area contributed by atoms with Crippen molar-refractivity contribution < 1.29 is 13.9 Å². The van der Waals surface area contributed by atoms with Crippen LogP contribution in [0, 0.1) is 13.8 Å². The number of halogens is 1. The van der Waals surface area contributed by atoms with E-state index < -0.39 is 0 Å². The summed E-state index contributed by atoms with van der Waals surface area (Å²) in [7, 11) is 0. The Morgan fingerprint density at radius 2 is 1.80 bits per heavy atom. The number of carbonyl (C=O) groups is 1. The van der Waals surface area contributed by atoms with Crippen LogP contribution in [0.4, 0.5) is 0 Å². The van der Waals surface area contributed by atoms with Gasteiger partial charge in [0.05, 0.1) is 5.56 Å². The summed E-state index contributed by atoms with van der Waals surface area (Å²) in [5, 5.41) is 0. The van der Waals surface area contributed by atoms with Crippen molar-refractivity contribution in [3.05, 3.63) is 81.2 Å². The number of benzene rings is 2. The second-order valence-corrected chi connectivity index (χ2v) is 7.00.